The van der Waals surface area contributed by atoms with Crippen LogP contribution >= 0.6 is 8.38 Å². The van der Waals surface area contributed by atoms with Crippen LogP contribution in [0.3, 0.4) is 0 Å². The van der Waals surface area contributed by atoms with E-state index >= 15 is 0 Å². The first-order valence-electron chi connectivity index (χ1n) is 6.25. The molecule has 0 aliphatic carbocycles. The van der Waals surface area contributed by atoms with Crippen LogP contribution in [0.5, 0.6) is 5.75 Å². The summed E-state index contributed by atoms with van der Waals surface area (Å²) in [6, 6.07) is 8.05. The van der Waals surface area contributed by atoms with Crippen molar-refractivity contribution in [3.63, 3.8) is 0 Å². The van der Waals surface area contributed by atoms with E-state index in [1.165, 1.54) is 5.56 Å². The normalized spacial score (nSPS) is 11.6. The summed E-state index contributed by atoms with van der Waals surface area (Å²) in [7, 11) is 0.802. The highest BCUT2D eigenvalue weighted by atomic mass is 31.2. The number of ether oxygens (including phenoxy) is 1. The van der Waals surface area contributed by atoms with Gasteiger partial charge in [0, 0.05) is 6.16 Å². The Labute approximate surface area is 111 Å². The highest BCUT2D eigenvalue weighted by molar-refractivity contribution is 7.46. The number of methoxy groups -OCH3 is 1. The summed E-state index contributed by atoms with van der Waals surface area (Å²) in [5, 5.41) is 0. The maximum Gasteiger partial charge on any atom is 0.175 e. The molecule has 18 heavy (non-hydrogen) atoms. The number of hydrogen-bond donors (Lipinski definition) is 0. The van der Waals surface area contributed by atoms with Crippen LogP contribution in [0.2, 0.25) is 0 Å². The van der Waals surface area contributed by atoms with Crippen molar-refractivity contribution in [1.29, 1.82) is 0 Å². The Balaban J connectivity index is 2.62. The molecule has 0 fully saturated rings. The van der Waals surface area contributed by atoms with E-state index in [1.54, 1.807) is 7.11 Å². The fraction of sp³-hybridized carbons (Fsp3) is 0.571. The quantitative estimate of drug-likeness (QED) is 0.689. The molecule has 0 aliphatic heterocycles. The van der Waals surface area contributed by atoms with E-state index in [0.717, 1.165) is 11.9 Å². The van der Waals surface area contributed by atoms with Gasteiger partial charge >= 0.3 is 0 Å². The Morgan fingerprint density at radius 1 is 0.944 bits per heavy atom. The highest BCUT2D eigenvalue weighted by Gasteiger charge is 2.15. The van der Waals surface area contributed by atoms with Gasteiger partial charge in [0.05, 0.1) is 19.3 Å². The largest absolute Gasteiger partial charge is 0.497 e. The zero-order valence-electron chi connectivity index (χ0n) is 11.8. The lowest BCUT2D eigenvalue weighted by Crippen LogP contribution is -2.06. The number of hydrogen-bond acceptors (Lipinski definition) is 3. The molecule has 0 unspecified atom stereocenters. The Kier molecular flexibility index (Phi) is 6.62. The second kappa shape index (κ2) is 7.73. The minimum atomic E-state index is -0.871. The van der Waals surface area contributed by atoms with Crippen LogP contribution in [-0.4, -0.2) is 19.3 Å². The third kappa shape index (κ3) is 5.81. The highest BCUT2D eigenvalue weighted by Crippen LogP contribution is 2.44. The monoisotopic (exact) mass is 270 g/mol. The maximum atomic E-state index is 5.83. The molecule has 0 spiro atoms. The first-order chi connectivity index (χ1) is 8.51. The molecule has 0 radical (unpaired) electrons. The van der Waals surface area contributed by atoms with Gasteiger partial charge in [0.15, 0.2) is 8.38 Å². The van der Waals surface area contributed by atoms with Crippen LogP contribution < -0.4 is 4.74 Å². The molecular formula is C14H23O3P. The molecule has 0 bridgehead atoms. The van der Waals surface area contributed by atoms with Crippen molar-refractivity contribution in [3.05, 3.63) is 29.8 Å². The lowest BCUT2D eigenvalue weighted by atomic mass is 10.2. The molecule has 102 valence electrons. The van der Waals surface area contributed by atoms with Crippen molar-refractivity contribution >= 4 is 8.38 Å². The molecule has 0 heterocycles. The SMILES string of the molecule is COc1ccc(CP(OC(C)C)OC(C)C)cc1. The van der Waals surface area contributed by atoms with Gasteiger partial charge in [-0.25, -0.2) is 0 Å². The molecule has 1 aromatic rings. The Bertz CT molecular complexity index is 325. The van der Waals surface area contributed by atoms with Crippen LogP contribution in [-0.2, 0) is 15.2 Å². The summed E-state index contributed by atoms with van der Waals surface area (Å²) in [6.07, 6.45) is 1.19. The van der Waals surface area contributed by atoms with Crippen LogP contribution in [0, 0.1) is 0 Å². The average Bonchev–Trinajstić information content (AvgIpc) is 2.28. The van der Waals surface area contributed by atoms with Crippen LogP contribution in [0.1, 0.15) is 33.3 Å². The standard InChI is InChI=1S/C14H23O3P/c1-11(2)16-18(17-12(3)4)10-13-6-8-14(15-5)9-7-13/h6-9,11-12H,10H2,1-5H3. The maximum absolute atomic E-state index is 5.83. The second-order valence-electron chi connectivity index (χ2n) is 4.65. The van der Waals surface area contributed by atoms with E-state index in [2.05, 4.69) is 12.1 Å². The summed E-state index contributed by atoms with van der Waals surface area (Å²) in [6.45, 7) is 8.14. The van der Waals surface area contributed by atoms with E-state index in [9.17, 15) is 0 Å². The summed E-state index contributed by atoms with van der Waals surface area (Å²) in [5.74, 6) is 0.873. The number of benzene rings is 1. The van der Waals surface area contributed by atoms with Crippen molar-refractivity contribution in [2.45, 2.75) is 46.1 Å². The minimum Gasteiger partial charge on any atom is -0.497 e. The predicted octanol–water partition coefficient (Wildman–Crippen LogP) is 4.36. The predicted molar refractivity (Wildman–Crippen MR) is 76.1 cm³/mol. The number of rotatable bonds is 7. The minimum absolute atomic E-state index is 0.188. The van der Waals surface area contributed by atoms with Crippen LogP contribution in [0.4, 0.5) is 0 Å². The molecule has 1 aromatic carbocycles. The lowest BCUT2D eigenvalue weighted by molar-refractivity contribution is 0.176. The molecule has 3 nitrogen and oxygen atoms in total. The smallest absolute Gasteiger partial charge is 0.175 e. The van der Waals surface area contributed by atoms with E-state index < -0.39 is 8.38 Å². The van der Waals surface area contributed by atoms with Gasteiger partial charge in [0.2, 0.25) is 0 Å². The van der Waals surface area contributed by atoms with Gasteiger partial charge in [0.25, 0.3) is 0 Å². The van der Waals surface area contributed by atoms with Gasteiger partial charge < -0.3 is 13.8 Å². The van der Waals surface area contributed by atoms with Crippen molar-refractivity contribution in [3.8, 4) is 5.75 Å². The Morgan fingerprint density at radius 2 is 1.44 bits per heavy atom. The molecule has 0 saturated carbocycles. The Hall–Kier alpha value is -0.630. The van der Waals surface area contributed by atoms with Gasteiger partial charge in [-0.2, -0.15) is 0 Å². The summed E-state index contributed by atoms with van der Waals surface area (Å²) in [5.41, 5.74) is 1.21. The lowest BCUT2D eigenvalue weighted by Gasteiger charge is -2.22. The topological polar surface area (TPSA) is 27.7 Å². The van der Waals surface area contributed by atoms with E-state index in [1.807, 2.05) is 39.8 Å². The zero-order valence-corrected chi connectivity index (χ0v) is 12.7. The molecule has 0 saturated heterocycles. The van der Waals surface area contributed by atoms with Crippen molar-refractivity contribution < 1.29 is 13.8 Å². The van der Waals surface area contributed by atoms with Gasteiger partial charge in [-0.15, -0.1) is 0 Å². The molecule has 0 aliphatic rings. The van der Waals surface area contributed by atoms with E-state index in [4.69, 9.17) is 13.8 Å². The fourth-order valence-electron chi connectivity index (χ4n) is 1.45. The van der Waals surface area contributed by atoms with Crippen LogP contribution in [0.25, 0.3) is 0 Å². The summed E-state index contributed by atoms with van der Waals surface area (Å²) < 4.78 is 16.8. The average molecular weight is 270 g/mol. The molecule has 0 N–H and O–H groups in total. The Morgan fingerprint density at radius 3 is 1.83 bits per heavy atom. The van der Waals surface area contributed by atoms with Gasteiger partial charge in [-0.1, -0.05) is 12.1 Å². The van der Waals surface area contributed by atoms with Gasteiger partial charge in [-0.3, -0.25) is 0 Å². The molecular weight excluding hydrogens is 247 g/mol. The fourth-order valence-corrected chi connectivity index (χ4v) is 3.10. The molecule has 0 amide bonds. The third-order valence-electron chi connectivity index (χ3n) is 2.13. The van der Waals surface area contributed by atoms with Crippen molar-refractivity contribution in [2.75, 3.05) is 7.11 Å². The summed E-state index contributed by atoms with van der Waals surface area (Å²) >= 11 is 0. The van der Waals surface area contributed by atoms with Gasteiger partial charge in [0.1, 0.15) is 5.75 Å². The van der Waals surface area contributed by atoms with E-state index in [-0.39, 0.29) is 12.2 Å². The molecule has 0 aromatic heterocycles. The van der Waals surface area contributed by atoms with Crippen LogP contribution in [0.15, 0.2) is 24.3 Å². The molecule has 4 heteroatoms. The van der Waals surface area contributed by atoms with Crippen molar-refractivity contribution in [2.24, 2.45) is 0 Å². The molecule has 1 rings (SSSR count). The molecule has 0 atom stereocenters. The van der Waals surface area contributed by atoms with E-state index in [0.29, 0.717) is 0 Å². The van der Waals surface area contributed by atoms with Crippen molar-refractivity contribution in [1.82, 2.24) is 0 Å². The summed E-state index contributed by atoms with van der Waals surface area (Å²) in [4.78, 5) is 0. The van der Waals surface area contributed by atoms with Gasteiger partial charge in [-0.05, 0) is 45.4 Å². The first kappa shape index (κ1) is 15.4. The zero-order chi connectivity index (χ0) is 13.5. The second-order valence-corrected chi connectivity index (χ2v) is 6.05. The first-order valence-corrected chi connectivity index (χ1v) is 7.61. The third-order valence-corrected chi connectivity index (χ3v) is 4.06.